The van der Waals surface area contributed by atoms with Crippen LogP contribution in [0.5, 0.6) is 0 Å². The number of nitrogens with zero attached hydrogens (tertiary/aromatic N) is 4. The van der Waals surface area contributed by atoms with Gasteiger partial charge in [-0.2, -0.15) is 5.26 Å². The van der Waals surface area contributed by atoms with E-state index in [1.807, 2.05) is 12.1 Å². The topological polar surface area (TPSA) is 56.3 Å². The zero-order chi connectivity index (χ0) is 21.4. The van der Waals surface area contributed by atoms with Crippen molar-refractivity contribution >= 4 is 16.8 Å². The molecule has 5 nitrogen and oxygen atoms in total. The van der Waals surface area contributed by atoms with Crippen LogP contribution in [0.4, 0.5) is 10.1 Å². The largest absolute Gasteiger partial charge is 0.462 e. The molecule has 0 bridgehead atoms. The molecule has 0 radical (unpaired) electrons. The minimum Gasteiger partial charge on any atom is -0.462 e. The van der Waals surface area contributed by atoms with Crippen molar-refractivity contribution in [3.63, 3.8) is 0 Å². The smallest absolute Gasteiger partial charge is 0.153 e. The van der Waals surface area contributed by atoms with Gasteiger partial charge < -0.3 is 14.2 Å². The van der Waals surface area contributed by atoms with Crippen LogP contribution in [-0.2, 0) is 0 Å². The van der Waals surface area contributed by atoms with Crippen LogP contribution in [0.25, 0.3) is 33.4 Å². The Morgan fingerprint density at radius 1 is 1.00 bits per heavy atom. The van der Waals surface area contributed by atoms with Crippen LogP contribution >= 0.6 is 0 Å². The summed E-state index contributed by atoms with van der Waals surface area (Å²) in [4.78, 5) is 9.29. The van der Waals surface area contributed by atoms with Gasteiger partial charge in [-0.3, -0.25) is 4.98 Å². The minimum atomic E-state index is -0.557. The first kappa shape index (κ1) is 19.3. The molecule has 1 aliphatic heterocycles. The Kier molecular flexibility index (Phi) is 4.89. The molecule has 0 spiro atoms. The Labute approximate surface area is 180 Å². The van der Waals surface area contributed by atoms with Crippen LogP contribution in [-0.4, -0.2) is 43.1 Å². The van der Waals surface area contributed by atoms with E-state index in [-0.39, 0.29) is 5.56 Å². The molecule has 0 atom stereocenters. The molecule has 0 unspecified atom stereocenters. The molecule has 5 rings (SSSR count). The second-order valence-corrected chi connectivity index (χ2v) is 7.84. The standard InChI is InChI=1S/C25H21FN4O/c1-29-9-11-30(12-10-29)20-7-5-17(6-8-20)19-13-23-25(28-15-19)22(16-31-23)21-4-2-3-18(14-27)24(21)26/h2-8,13,15-16H,9-12H2,1H3. The second kappa shape index (κ2) is 7.86. The molecule has 1 fully saturated rings. The summed E-state index contributed by atoms with van der Waals surface area (Å²) >= 11 is 0. The van der Waals surface area contributed by atoms with E-state index < -0.39 is 5.82 Å². The number of benzene rings is 2. The number of aromatic nitrogens is 1. The molecule has 0 amide bonds. The van der Waals surface area contributed by atoms with Crippen molar-refractivity contribution in [3.8, 4) is 28.3 Å². The van der Waals surface area contributed by atoms with Gasteiger partial charge in [0.2, 0.25) is 0 Å². The maximum atomic E-state index is 14.6. The monoisotopic (exact) mass is 412 g/mol. The minimum absolute atomic E-state index is 0.00362. The van der Waals surface area contributed by atoms with Crippen LogP contribution in [0.3, 0.4) is 0 Å². The van der Waals surface area contributed by atoms with Gasteiger partial charge in [-0.25, -0.2) is 4.39 Å². The molecule has 4 aromatic rings. The van der Waals surface area contributed by atoms with E-state index in [0.717, 1.165) is 37.3 Å². The third kappa shape index (κ3) is 3.54. The number of hydrogen-bond donors (Lipinski definition) is 0. The number of pyridine rings is 1. The third-order valence-electron chi connectivity index (χ3n) is 5.89. The number of nitriles is 1. The van der Waals surface area contributed by atoms with Crippen molar-refractivity contribution in [1.82, 2.24) is 9.88 Å². The van der Waals surface area contributed by atoms with Gasteiger partial charge in [0.25, 0.3) is 0 Å². The molecule has 2 aromatic carbocycles. The summed E-state index contributed by atoms with van der Waals surface area (Å²) in [5, 5.41) is 9.10. The van der Waals surface area contributed by atoms with Crippen LogP contribution in [0.2, 0.25) is 0 Å². The van der Waals surface area contributed by atoms with E-state index >= 15 is 0 Å². The van der Waals surface area contributed by atoms with E-state index in [1.54, 1.807) is 18.3 Å². The van der Waals surface area contributed by atoms with Gasteiger partial charge in [-0.1, -0.05) is 24.3 Å². The maximum Gasteiger partial charge on any atom is 0.153 e. The molecule has 6 heteroatoms. The molecule has 3 heterocycles. The van der Waals surface area contributed by atoms with E-state index in [2.05, 4.69) is 46.1 Å². The van der Waals surface area contributed by atoms with Gasteiger partial charge >= 0.3 is 0 Å². The maximum absolute atomic E-state index is 14.6. The number of hydrogen-bond acceptors (Lipinski definition) is 5. The molecule has 1 saturated heterocycles. The lowest BCUT2D eigenvalue weighted by atomic mass is 10.0. The molecule has 31 heavy (non-hydrogen) atoms. The van der Waals surface area contributed by atoms with Gasteiger partial charge in [0.15, 0.2) is 5.58 Å². The number of likely N-dealkylation sites (N-methyl/N-ethyl adjacent to an activating group) is 1. The molecule has 1 aliphatic rings. The highest BCUT2D eigenvalue weighted by molar-refractivity contribution is 5.93. The van der Waals surface area contributed by atoms with Crippen molar-refractivity contribution < 1.29 is 8.81 Å². The number of rotatable bonds is 3. The van der Waals surface area contributed by atoms with E-state index in [4.69, 9.17) is 9.68 Å². The second-order valence-electron chi connectivity index (χ2n) is 7.84. The van der Waals surface area contributed by atoms with Gasteiger partial charge in [0.05, 0.1) is 5.56 Å². The van der Waals surface area contributed by atoms with Crippen molar-refractivity contribution in [2.45, 2.75) is 0 Å². The number of furan rings is 1. The Balaban J connectivity index is 1.44. The lowest BCUT2D eigenvalue weighted by molar-refractivity contribution is 0.313. The molecule has 0 saturated carbocycles. The Morgan fingerprint density at radius 3 is 2.52 bits per heavy atom. The predicted molar refractivity (Wildman–Crippen MR) is 119 cm³/mol. The zero-order valence-electron chi connectivity index (χ0n) is 17.2. The van der Waals surface area contributed by atoms with Gasteiger partial charge in [0.1, 0.15) is 23.7 Å². The lowest BCUT2D eigenvalue weighted by Gasteiger charge is -2.34. The highest BCUT2D eigenvalue weighted by atomic mass is 19.1. The summed E-state index contributed by atoms with van der Waals surface area (Å²) < 4.78 is 20.3. The zero-order valence-corrected chi connectivity index (χ0v) is 17.2. The first-order valence-electron chi connectivity index (χ1n) is 10.2. The fourth-order valence-corrected chi connectivity index (χ4v) is 4.02. The van der Waals surface area contributed by atoms with Crippen molar-refractivity contribution in [1.29, 1.82) is 5.26 Å². The van der Waals surface area contributed by atoms with Crippen molar-refractivity contribution in [3.05, 3.63) is 72.4 Å². The molecule has 0 aliphatic carbocycles. The van der Waals surface area contributed by atoms with E-state index in [1.165, 1.54) is 18.0 Å². The van der Waals surface area contributed by atoms with E-state index in [0.29, 0.717) is 22.2 Å². The third-order valence-corrected chi connectivity index (χ3v) is 5.89. The van der Waals surface area contributed by atoms with Crippen molar-refractivity contribution in [2.24, 2.45) is 0 Å². The van der Waals surface area contributed by atoms with Gasteiger partial charge in [0, 0.05) is 54.8 Å². The number of halogens is 1. The Bertz CT molecular complexity index is 1280. The number of anilines is 1. The summed E-state index contributed by atoms with van der Waals surface area (Å²) in [6.07, 6.45) is 3.27. The lowest BCUT2D eigenvalue weighted by Crippen LogP contribution is -2.44. The number of fused-ring (bicyclic) bond motifs is 1. The molecule has 2 aromatic heterocycles. The number of piperazine rings is 1. The highest BCUT2D eigenvalue weighted by Gasteiger charge is 2.17. The van der Waals surface area contributed by atoms with Crippen LogP contribution in [0.15, 0.2) is 65.4 Å². The fourth-order valence-electron chi connectivity index (χ4n) is 4.02. The average Bonchev–Trinajstić information content (AvgIpc) is 3.23. The summed E-state index contributed by atoms with van der Waals surface area (Å²) in [5.41, 5.74) is 5.22. The summed E-state index contributed by atoms with van der Waals surface area (Å²) in [5.74, 6) is -0.557. The van der Waals surface area contributed by atoms with Crippen LogP contribution in [0.1, 0.15) is 5.56 Å². The van der Waals surface area contributed by atoms with Crippen LogP contribution in [0, 0.1) is 17.1 Å². The van der Waals surface area contributed by atoms with E-state index in [9.17, 15) is 4.39 Å². The average molecular weight is 412 g/mol. The first-order valence-corrected chi connectivity index (χ1v) is 10.2. The van der Waals surface area contributed by atoms with Gasteiger partial charge in [-0.15, -0.1) is 0 Å². The fraction of sp³-hybridized carbons (Fsp3) is 0.200. The Hall–Kier alpha value is -3.69. The SMILES string of the molecule is CN1CCN(c2ccc(-c3cnc4c(-c5cccc(C#N)c5F)coc4c3)cc2)CC1. The summed E-state index contributed by atoms with van der Waals surface area (Å²) in [6.45, 7) is 4.20. The van der Waals surface area contributed by atoms with Crippen LogP contribution < -0.4 is 4.90 Å². The normalized spacial score (nSPS) is 14.7. The quantitative estimate of drug-likeness (QED) is 0.478. The highest BCUT2D eigenvalue weighted by Crippen LogP contribution is 2.34. The first-order chi connectivity index (χ1) is 15.1. The van der Waals surface area contributed by atoms with Crippen molar-refractivity contribution in [2.75, 3.05) is 38.1 Å². The molecular weight excluding hydrogens is 391 g/mol. The molecular formula is C25H21FN4O. The van der Waals surface area contributed by atoms with Gasteiger partial charge in [-0.05, 0) is 36.9 Å². The molecule has 0 N–H and O–H groups in total. The summed E-state index contributed by atoms with van der Waals surface area (Å²) in [7, 11) is 2.15. The summed E-state index contributed by atoms with van der Waals surface area (Å²) in [6, 6.07) is 17.0. The molecule has 154 valence electrons. The Morgan fingerprint density at radius 2 is 1.77 bits per heavy atom. The predicted octanol–water partition coefficient (Wildman–Crippen LogP) is 4.92.